The summed E-state index contributed by atoms with van der Waals surface area (Å²) in [7, 11) is 2.90. The van der Waals surface area contributed by atoms with Crippen molar-refractivity contribution in [2.75, 3.05) is 32.8 Å². The summed E-state index contributed by atoms with van der Waals surface area (Å²) < 4.78 is 15.3. The highest BCUT2D eigenvalue weighted by Crippen LogP contribution is 2.25. The third-order valence-corrected chi connectivity index (χ3v) is 3.20. The third kappa shape index (κ3) is 3.38. The Labute approximate surface area is 112 Å². The monoisotopic (exact) mass is 265 g/mol. The fraction of sp³-hybridized carbons (Fsp3) is 0.500. The number of methoxy groups -OCH3 is 2. The van der Waals surface area contributed by atoms with E-state index in [2.05, 4.69) is 5.32 Å². The van der Waals surface area contributed by atoms with Gasteiger partial charge in [-0.2, -0.15) is 0 Å². The first kappa shape index (κ1) is 13.7. The second-order valence-corrected chi connectivity index (χ2v) is 4.44. The van der Waals surface area contributed by atoms with Crippen molar-refractivity contribution >= 4 is 11.7 Å². The van der Waals surface area contributed by atoms with Crippen molar-refractivity contribution in [2.45, 2.75) is 18.9 Å². The van der Waals surface area contributed by atoms with Crippen molar-refractivity contribution in [3.05, 3.63) is 23.8 Å². The van der Waals surface area contributed by atoms with Crippen LogP contribution in [0.1, 0.15) is 23.2 Å². The molecule has 1 aromatic rings. The SMILES string of the molecule is COC(=O)c1ccc(NC2CCOCC2)cc1OC. The van der Waals surface area contributed by atoms with Crippen LogP contribution in [0.25, 0.3) is 0 Å². The van der Waals surface area contributed by atoms with Gasteiger partial charge >= 0.3 is 5.97 Å². The molecule has 1 saturated heterocycles. The van der Waals surface area contributed by atoms with E-state index in [1.165, 1.54) is 7.11 Å². The van der Waals surface area contributed by atoms with Crippen LogP contribution < -0.4 is 10.1 Å². The van der Waals surface area contributed by atoms with E-state index in [9.17, 15) is 4.79 Å². The van der Waals surface area contributed by atoms with Crippen LogP contribution in [0.4, 0.5) is 5.69 Å². The number of nitrogens with one attached hydrogen (secondary N) is 1. The zero-order valence-electron chi connectivity index (χ0n) is 11.3. The maximum absolute atomic E-state index is 11.6. The highest BCUT2D eigenvalue weighted by atomic mass is 16.5. The first-order valence-corrected chi connectivity index (χ1v) is 6.35. The molecular weight excluding hydrogens is 246 g/mol. The smallest absolute Gasteiger partial charge is 0.341 e. The van der Waals surface area contributed by atoms with Gasteiger partial charge in [-0.15, -0.1) is 0 Å². The van der Waals surface area contributed by atoms with Crippen LogP contribution in [-0.4, -0.2) is 39.4 Å². The summed E-state index contributed by atoms with van der Waals surface area (Å²) >= 11 is 0. The van der Waals surface area contributed by atoms with Gasteiger partial charge < -0.3 is 19.5 Å². The number of carbonyl (C=O) groups excluding carboxylic acids is 1. The number of carbonyl (C=O) groups is 1. The lowest BCUT2D eigenvalue weighted by Gasteiger charge is -2.24. The molecule has 0 aliphatic carbocycles. The van der Waals surface area contributed by atoms with E-state index >= 15 is 0 Å². The van der Waals surface area contributed by atoms with E-state index in [0.29, 0.717) is 17.4 Å². The van der Waals surface area contributed by atoms with Crippen LogP contribution in [0.15, 0.2) is 18.2 Å². The van der Waals surface area contributed by atoms with Gasteiger partial charge in [0, 0.05) is 31.0 Å². The first-order valence-electron chi connectivity index (χ1n) is 6.35. The summed E-state index contributed by atoms with van der Waals surface area (Å²) in [6, 6.07) is 5.81. The Morgan fingerprint density at radius 1 is 1.32 bits per heavy atom. The van der Waals surface area contributed by atoms with Gasteiger partial charge in [0.15, 0.2) is 0 Å². The molecule has 1 heterocycles. The molecule has 1 aliphatic heterocycles. The lowest BCUT2D eigenvalue weighted by Crippen LogP contribution is -2.27. The zero-order valence-corrected chi connectivity index (χ0v) is 11.3. The van der Waals surface area contributed by atoms with Gasteiger partial charge in [0.2, 0.25) is 0 Å². The fourth-order valence-electron chi connectivity index (χ4n) is 2.14. The first-order chi connectivity index (χ1) is 9.24. The summed E-state index contributed by atoms with van der Waals surface area (Å²) in [6.45, 7) is 1.57. The maximum Gasteiger partial charge on any atom is 0.341 e. The molecule has 0 bridgehead atoms. The van der Waals surface area contributed by atoms with E-state index in [0.717, 1.165) is 31.7 Å². The van der Waals surface area contributed by atoms with Crippen LogP contribution in [-0.2, 0) is 9.47 Å². The molecule has 0 amide bonds. The van der Waals surface area contributed by atoms with Gasteiger partial charge in [-0.1, -0.05) is 0 Å². The molecular formula is C14H19NO4. The van der Waals surface area contributed by atoms with Gasteiger partial charge in [-0.05, 0) is 25.0 Å². The van der Waals surface area contributed by atoms with Crippen LogP contribution in [0.2, 0.25) is 0 Å². The zero-order chi connectivity index (χ0) is 13.7. The van der Waals surface area contributed by atoms with Gasteiger partial charge in [-0.3, -0.25) is 0 Å². The number of esters is 1. The molecule has 1 aromatic carbocycles. The van der Waals surface area contributed by atoms with Crippen LogP contribution in [0.5, 0.6) is 5.75 Å². The largest absolute Gasteiger partial charge is 0.496 e. The van der Waals surface area contributed by atoms with E-state index in [1.807, 2.05) is 12.1 Å². The summed E-state index contributed by atoms with van der Waals surface area (Å²) in [5.41, 5.74) is 1.37. The summed E-state index contributed by atoms with van der Waals surface area (Å²) in [5.74, 6) is 0.123. The Hall–Kier alpha value is -1.75. The molecule has 1 fully saturated rings. The average molecular weight is 265 g/mol. The molecule has 2 rings (SSSR count). The van der Waals surface area contributed by atoms with Crippen molar-refractivity contribution in [1.82, 2.24) is 0 Å². The van der Waals surface area contributed by atoms with E-state index in [-0.39, 0.29) is 0 Å². The van der Waals surface area contributed by atoms with E-state index in [4.69, 9.17) is 14.2 Å². The number of hydrogen-bond donors (Lipinski definition) is 1. The molecule has 1 N–H and O–H groups in total. The van der Waals surface area contributed by atoms with Crippen LogP contribution in [0.3, 0.4) is 0 Å². The molecule has 1 aliphatic rings. The summed E-state index contributed by atoms with van der Waals surface area (Å²) in [6.07, 6.45) is 1.97. The molecule has 0 atom stereocenters. The van der Waals surface area contributed by atoms with Crippen LogP contribution >= 0.6 is 0 Å². The summed E-state index contributed by atoms with van der Waals surface area (Å²) in [4.78, 5) is 11.6. The van der Waals surface area contributed by atoms with Gasteiger partial charge in [0.1, 0.15) is 11.3 Å². The van der Waals surface area contributed by atoms with E-state index < -0.39 is 5.97 Å². The number of rotatable bonds is 4. The predicted molar refractivity (Wildman–Crippen MR) is 71.8 cm³/mol. The fourth-order valence-corrected chi connectivity index (χ4v) is 2.14. The quantitative estimate of drug-likeness (QED) is 0.845. The number of anilines is 1. The van der Waals surface area contributed by atoms with Gasteiger partial charge in [-0.25, -0.2) is 4.79 Å². The Kier molecular flexibility index (Phi) is 4.63. The molecule has 19 heavy (non-hydrogen) atoms. The van der Waals surface area contributed by atoms with Crippen molar-refractivity contribution in [3.8, 4) is 5.75 Å². The molecule has 0 radical (unpaired) electrons. The standard InChI is InChI=1S/C14H19NO4/c1-17-13-9-11(3-4-12(13)14(16)18-2)15-10-5-7-19-8-6-10/h3-4,9-10,15H,5-8H2,1-2H3. The molecule has 0 spiro atoms. The Balaban J connectivity index is 2.11. The van der Waals surface area contributed by atoms with Crippen molar-refractivity contribution < 1.29 is 19.0 Å². The Morgan fingerprint density at radius 3 is 2.68 bits per heavy atom. The third-order valence-electron chi connectivity index (χ3n) is 3.20. The lowest BCUT2D eigenvalue weighted by atomic mass is 10.1. The van der Waals surface area contributed by atoms with E-state index in [1.54, 1.807) is 13.2 Å². The van der Waals surface area contributed by atoms with Crippen molar-refractivity contribution in [1.29, 1.82) is 0 Å². The minimum absolute atomic E-state index is 0.394. The molecule has 0 aromatic heterocycles. The van der Waals surface area contributed by atoms with Crippen LogP contribution in [0, 0.1) is 0 Å². The molecule has 0 unspecified atom stereocenters. The second-order valence-electron chi connectivity index (χ2n) is 4.44. The Bertz CT molecular complexity index is 441. The van der Waals surface area contributed by atoms with Gasteiger partial charge in [0.25, 0.3) is 0 Å². The maximum atomic E-state index is 11.6. The minimum atomic E-state index is -0.394. The number of benzene rings is 1. The number of hydrogen-bond acceptors (Lipinski definition) is 5. The van der Waals surface area contributed by atoms with Crippen molar-refractivity contribution in [3.63, 3.8) is 0 Å². The topological polar surface area (TPSA) is 56.8 Å². The molecule has 5 nitrogen and oxygen atoms in total. The second kappa shape index (κ2) is 6.43. The van der Waals surface area contributed by atoms with Gasteiger partial charge in [0.05, 0.1) is 14.2 Å². The molecule has 0 saturated carbocycles. The highest BCUT2D eigenvalue weighted by molar-refractivity contribution is 5.93. The predicted octanol–water partition coefficient (Wildman–Crippen LogP) is 2.07. The highest BCUT2D eigenvalue weighted by Gasteiger charge is 2.16. The van der Waals surface area contributed by atoms with Crippen molar-refractivity contribution in [2.24, 2.45) is 0 Å². The molecule has 104 valence electrons. The summed E-state index contributed by atoms with van der Waals surface area (Å²) in [5, 5.41) is 3.43. The molecule has 5 heteroatoms. The normalized spacial score (nSPS) is 15.9. The minimum Gasteiger partial charge on any atom is -0.496 e. The lowest BCUT2D eigenvalue weighted by molar-refractivity contribution is 0.0597. The Morgan fingerprint density at radius 2 is 2.05 bits per heavy atom. The number of ether oxygens (including phenoxy) is 3. The average Bonchev–Trinajstić information content (AvgIpc) is 2.47.